The fourth-order valence-corrected chi connectivity index (χ4v) is 0.811. The van der Waals surface area contributed by atoms with Crippen molar-refractivity contribution in [3.63, 3.8) is 0 Å². The first-order valence-electron chi connectivity index (χ1n) is 4.07. The van der Waals surface area contributed by atoms with E-state index in [4.69, 9.17) is 4.42 Å². The average Bonchev–Trinajstić information content (AvgIpc) is 2.59. The van der Waals surface area contributed by atoms with Crippen molar-refractivity contribution < 1.29 is 14.3 Å². The van der Waals surface area contributed by atoms with Crippen LogP contribution in [0.5, 0.6) is 0 Å². The van der Waals surface area contributed by atoms with E-state index in [0.717, 1.165) is 0 Å². The molecule has 0 fully saturated rings. The molecule has 14 heavy (non-hydrogen) atoms. The zero-order valence-corrected chi connectivity index (χ0v) is 7.94. The smallest absolute Gasteiger partial charge is 0.315 e. The molecule has 7 heteroatoms. The lowest BCUT2D eigenvalue weighted by Crippen LogP contribution is -2.36. The van der Waals surface area contributed by atoms with Crippen LogP contribution in [0.2, 0.25) is 0 Å². The second-order valence-corrected chi connectivity index (χ2v) is 2.64. The van der Waals surface area contributed by atoms with Gasteiger partial charge >= 0.3 is 6.01 Å². The molecule has 1 atom stereocenters. The van der Waals surface area contributed by atoms with E-state index in [0.29, 0.717) is 5.89 Å². The summed E-state index contributed by atoms with van der Waals surface area (Å²) in [6, 6.07) is 0.186. The largest absolute Gasteiger partial charge is 0.408 e. The van der Waals surface area contributed by atoms with E-state index < -0.39 is 12.0 Å². The number of likely N-dealkylation sites (N-methyl/N-ethyl adjacent to an activating group) is 1. The van der Waals surface area contributed by atoms with Crippen molar-refractivity contribution in [2.24, 2.45) is 0 Å². The van der Waals surface area contributed by atoms with Gasteiger partial charge in [0.1, 0.15) is 6.10 Å². The number of rotatable bonds is 4. The van der Waals surface area contributed by atoms with Gasteiger partial charge in [0, 0.05) is 14.0 Å². The van der Waals surface area contributed by atoms with Crippen LogP contribution in [0, 0.1) is 6.92 Å². The number of aromatic nitrogens is 2. The van der Waals surface area contributed by atoms with Gasteiger partial charge in [-0.15, -0.1) is 5.10 Å². The van der Waals surface area contributed by atoms with Crippen molar-refractivity contribution >= 4 is 11.9 Å². The normalized spacial score (nSPS) is 12.2. The highest BCUT2D eigenvalue weighted by atomic mass is 16.4. The molecule has 0 aromatic carbocycles. The number of hydrogen-bond donors (Lipinski definition) is 3. The molecule has 0 bridgehead atoms. The number of amides is 1. The fourth-order valence-electron chi connectivity index (χ4n) is 0.811. The minimum atomic E-state index is -1.13. The predicted molar refractivity (Wildman–Crippen MR) is 47.6 cm³/mol. The Kier molecular flexibility index (Phi) is 3.41. The molecule has 1 unspecified atom stereocenters. The van der Waals surface area contributed by atoms with Crippen molar-refractivity contribution in [3.8, 4) is 0 Å². The van der Waals surface area contributed by atoms with Gasteiger partial charge in [0.05, 0.1) is 6.54 Å². The molecule has 78 valence electrons. The highest BCUT2D eigenvalue weighted by Gasteiger charge is 2.13. The molecule has 1 amide bonds. The van der Waals surface area contributed by atoms with E-state index in [1.807, 2.05) is 0 Å². The van der Waals surface area contributed by atoms with Gasteiger partial charge in [-0.05, 0) is 0 Å². The zero-order chi connectivity index (χ0) is 10.6. The van der Waals surface area contributed by atoms with Gasteiger partial charge in [-0.2, -0.15) is 0 Å². The maximum Gasteiger partial charge on any atom is 0.315 e. The number of nitrogens with zero attached hydrogens (tertiary/aromatic N) is 2. The molecular weight excluding hydrogens is 188 g/mol. The Morgan fingerprint density at radius 1 is 1.64 bits per heavy atom. The minimum Gasteiger partial charge on any atom is -0.408 e. The number of anilines is 1. The van der Waals surface area contributed by atoms with E-state index in [2.05, 4.69) is 20.8 Å². The lowest BCUT2D eigenvalue weighted by atomic mass is 10.3. The van der Waals surface area contributed by atoms with E-state index in [1.54, 1.807) is 6.92 Å². The Morgan fingerprint density at radius 2 is 2.36 bits per heavy atom. The molecule has 1 rings (SSSR count). The first-order chi connectivity index (χ1) is 6.63. The number of carbonyl (C=O) groups is 1. The summed E-state index contributed by atoms with van der Waals surface area (Å²) < 4.78 is 4.97. The zero-order valence-electron chi connectivity index (χ0n) is 7.94. The van der Waals surface area contributed by atoms with Gasteiger partial charge in [0.25, 0.3) is 0 Å². The molecule has 0 spiro atoms. The van der Waals surface area contributed by atoms with Crippen molar-refractivity contribution in [2.75, 3.05) is 18.9 Å². The van der Waals surface area contributed by atoms with Crippen molar-refractivity contribution in [3.05, 3.63) is 5.89 Å². The van der Waals surface area contributed by atoms with Crippen LogP contribution in [0.3, 0.4) is 0 Å². The average molecular weight is 200 g/mol. The summed E-state index contributed by atoms with van der Waals surface area (Å²) in [6.45, 7) is 1.68. The molecular formula is C7H12N4O3. The number of aliphatic hydroxyl groups is 1. The standard InChI is InChI=1S/C7H12N4O3/c1-4-10-11-7(14-4)9-3-5(12)6(13)8-2/h5,12H,3H2,1-2H3,(H,8,13)(H,9,11). The van der Waals surface area contributed by atoms with Crippen LogP contribution in [0.4, 0.5) is 6.01 Å². The van der Waals surface area contributed by atoms with Crippen molar-refractivity contribution in [2.45, 2.75) is 13.0 Å². The Labute approximate surface area is 80.5 Å². The fraction of sp³-hybridized carbons (Fsp3) is 0.571. The number of nitrogens with one attached hydrogen (secondary N) is 2. The van der Waals surface area contributed by atoms with Crippen LogP contribution < -0.4 is 10.6 Å². The second-order valence-electron chi connectivity index (χ2n) is 2.64. The minimum absolute atomic E-state index is 0.0291. The van der Waals surface area contributed by atoms with Gasteiger partial charge in [0.2, 0.25) is 11.8 Å². The van der Waals surface area contributed by atoms with Crippen LogP contribution in [-0.2, 0) is 4.79 Å². The summed E-state index contributed by atoms with van der Waals surface area (Å²) >= 11 is 0. The van der Waals surface area contributed by atoms with Crippen molar-refractivity contribution in [1.82, 2.24) is 15.5 Å². The summed E-state index contributed by atoms with van der Waals surface area (Å²) in [5.74, 6) is -0.0457. The number of hydrogen-bond acceptors (Lipinski definition) is 6. The Morgan fingerprint density at radius 3 is 2.86 bits per heavy atom. The SMILES string of the molecule is CNC(=O)C(O)CNc1nnc(C)o1. The third kappa shape index (κ3) is 2.70. The maximum absolute atomic E-state index is 10.9. The number of aryl methyl sites for hydroxylation is 1. The van der Waals surface area contributed by atoms with Crippen LogP contribution in [0.15, 0.2) is 4.42 Å². The third-order valence-electron chi connectivity index (χ3n) is 1.52. The molecule has 1 aromatic rings. The number of aliphatic hydroxyl groups excluding tert-OH is 1. The molecule has 1 heterocycles. The molecule has 0 aliphatic heterocycles. The molecule has 0 aliphatic rings. The van der Waals surface area contributed by atoms with E-state index >= 15 is 0 Å². The molecule has 0 aliphatic carbocycles. The summed E-state index contributed by atoms with van der Waals surface area (Å²) in [5, 5.41) is 21.4. The predicted octanol–water partition coefficient (Wildman–Crippen LogP) is -1.10. The molecule has 7 nitrogen and oxygen atoms in total. The molecule has 1 aromatic heterocycles. The van der Waals surface area contributed by atoms with Crippen molar-refractivity contribution in [1.29, 1.82) is 0 Å². The maximum atomic E-state index is 10.9. The topological polar surface area (TPSA) is 100 Å². The lowest BCUT2D eigenvalue weighted by molar-refractivity contribution is -0.128. The van der Waals surface area contributed by atoms with E-state index in [1.165, 1.54) is 7.05 Å². The summed E-state index contributed by atoms with van der Waals surface area (Å²) in [6.07, 6.45) is -1.13. The Balaban J connectivity index is 2.37. The summed E-state index contributed by atoms with van der Waals surface area (Å²) in [4.78, 5) is 10.9. The molecule has 0 radical (unpaired) electrons. The quantitative estimate of drug-likeness (QED) is 0.570. The highest BCUT2D eigenvalue weighted by Crippen LogP contribution is 2.03. The van der Waals surface area contributed by atoms with Gasteiger partial charge < -0.3 is 20.2 Å². The first kappa shape index (κ1) is 10.5. The monoisotopic (exact) mass is 200 g/mol. The van der Waals surface area contributed by atoms with Crippen LogP contribution in [0.1, 0.15) is 5.89 Å². The second kappa shape index (κ2) is 4.56. The van der Waals surface area contributed by atoms with Crippen LogP contribution >= 0.6 is 0 Å². The van der Waals surface area contributed by atoms with Gasteiger partial charge in [-0.1, -0.05) is 5.10 Å². The lowest BCUT2D eigenvalue weighted by Gasteiger charge is -2.07. The highest BCUT2D eigenvalue weighted by molar-refractivity contribution is 5.80. The third-order valence-corrected chi connectivity index (χ3v) is 1.52. The van der Waals surface area contributed by atoms with Gasteiger partial charge in [0.15, 0.2) is 0 Å². The van der Waals surface area contributed by atoms with E-state index in [-0.39, 0.29) is 12.6 Å². The summed E-state index contributed by atoms with van der Waals surface area (Å²) in [7, 11) is 1.45. The molecule has 0 saturated heterocycles. The Bertz CT molecular complexity index is 312. The van der Waals surface area contributed by atoms with Crippen LogP contribution in [0.25, 0.3) is 0 Å². The van der Waals surface area contributed by atoms with E-state index in [9.17, 15) is 9.90 Å². The van der Waals surface area contributed by atoms with Gasteiger partial charge in [-0.3, -0.25) is 4.79 Å². The van der Waals surface area contributed by atoms with Gasteiger partial charge in [-0.25, -0.2) is 0 Å². The molecule has 3 N–H and O–H groups in total. The molecule has 0 saturated carbocycles. The Hall–Kier alpha value is -1.63. The number of carbonyl (C=O) groups excluding carboxylic acids is 1. The van der Waals surface area contributed by atoms with Crippen LogP contribution in [-0.4, -0.2) is 40.9 Å². The first-order valence-corrected chi connectivity index (χ1v) is 4.07. The summed E-state index contributed by atoms with van der Waals surface area (Å²) in [5.41, 5.74) is 0.